The van der Waals surface area contributed by atoms with E-state index < -0.39 is 5.60 Å². The van der Waals surface area contributed by atoms with Crippen LogP contribution in [0.25, 0.3) is 5.95 Å². The third-order valence-electron chi connectivity index (χ3n) is 3.61. The maximum atomic E-state index is 13.0. The summed E-state index contributed by atoms with van der Waals surface area (Å²) in [6.45, 7) is 5.24. The third kappa shape index (κ3) is 3.65. The minimum atomic E-state index is -1.02. The van der Waals surface area contributed by atoms with Gasteiger partial charge in [0, 0.05) is 18.3 Å². The number of hydrogen-bond donors (Lipinski definition) is 1. The van der Waals surface area contributed by atoms with Crippen LogP contribution in [0.3, 0.4) is 0 Å². The zero-order chi connectivity index (χ0) is 17.3. The van der Waals surface area contributed by atoms with Gasteiger partial charge >= 0.3 is 0 Å². The molecule has 2 aromatic heterocycles. The molecule has 1 N–H and O–H groups in total. The maximum Gasteiger partial charge on any atom is 0.250 e. The van der Waals surface area contributed by atoms with Crippen LogP contribution in [0.5, 0.6) is 0 Å². The lowest BCUT2D eigenvalue weighted by Crippen LogP contribution is -2.17. The van der Waals surface area contributed by atoms with Gasteiger partial charge in [0.2, 0.25) is 0 Å². The number of hydrogen-bond acceptors (Lipinski definition) is 4. The molecule has 0 unspecified atom stereocenters. The van der Waals surface area contributed by atoms with Crippen molar-refractivity contribution in [1.82, 2.24) is 19.7 Å². The number of nitrogens with zero attached hydrogens (tertiary/aromatic N) is 4. The largest absolute Gasteiger partial charge is 0.384 e. The fourth-order valence-electron chi connectivity index (χ4n) is 2.38. The number of halogens is 1. The van der Waals surface area contributed by atoms with E-state index >= 15 is 0 Å². The summed E-state index contributed by atoms with van der Waals surface area (Å²) in [5.41, 5.74) is 2.14. The van der Waals surface area contributed by atoms with Gasteiger partial charge in [0.15, 0.2) is 0 Å². The highest BCUT2D eigenvalue weighted by Crippen LogP contribution is 2.18. The van der Waals surface area contributed by atoms with Crippen LogP contribution in [-0.2, 0) is 12.0 Å². The number of aryl methyl sites for hydroxylation is 1. The minimum Gasteiger partial charge on any atom is -0.384 e. The monoisotopic (exact) mass is 326 g/mol. The Morgan fingerprint density at radius 2 is 1.83 bits per heavy atom. The number of aliphatic hydroxyl groups is 1. The zero-order valence-electron chi connectivity index (χ0n) is 13.9. The lowest BCUT2D eigenvalue weighted by Gasteiger charge is -2.13. The summed E-state index contributed by atoms with van der Waals surface area (Å²) in [6.07, 6.45) is 2.31. The van der Waals surface area contributed by atoms with Crippen molar-refractivity contribution in [3.8, 4) is 5.95 Å². The number of benzene rings is 1. The van der Waals surface area contributed by atoms with Crippen LogP contribution in [0.2, 0.25) is 0 Å². The molecule has 0 spiro atoms. The second-order valence-electron chi connectivity index (χ2n) is 6.31. The van der Waals surface area contributed by atoms with Crippen molar-refractivity contribution in [1.29, 1.82) is 0 Å². The maximum absolute atomic E-state index is 13.0. The number of rotatable bonds is 4. The van der Waals surface area contributed by atoms with Crippen molar-refractivity contribution in [2.24, 2.45) is 0 Å². The van der Waals surface area contributed by atoms with E-state index in [1.807, 2.05) is 13.0 Å². The fraction of sp³-hybridized carbons (Fsp3) is 0.278. The Kier molecular flexibility index (Phi) is 4.15. The van der Waals surface area contributed by atoms with E-state index in [0.717, 1.165) is 17.0 Å². The molecule has 0 aliphatic carbocycles. The van der Waals surface area contributed by atoms with Crippen LogP contribution in [0.15, 0.2) is 42.6 Å². The Bertz CT molecular complexity index is 850. The van der Waals surface area contributed by atoms with E-state index in [1.165, 1.54) is 12.1 Å². The normalized spacial score (nSPS) is 11.7. The van der Waals surface area contributed by atoms with Gasteiger partial charge in [-0.3, -0.25) is 0 Å². The second-order valence-corrected chi connectivity index (χ2v) is 6.31. The summed E-state index contributed by atoms with van der Waals surface area (Å²) in [4.78, 5) is 8.93. The van der Waals surface area contributed by atoms with Crippen LogP contribution in [-0.4, -0.2) is 24.9 Å². The van der Waals surface area contributed by atoms with Crippen LogP contribution in [0, 0.1) is 12.7 Å². The zero-order valence-corrected chi connectivity index (χ0v) is 13.9. The number of aromatic nitrogens is 4. The Labute approximate surface area is 139 Å². The van der Waals surface area contributed by atoms with Crippen molar-refractivity contribution in [2.45, 2.75) is 32.8 Å². The lowest BCUT2D eigenvalue weighted by molar-refractivity contribution is 0.0734. The molecule has 5 nitrogen and oxygen atoms in total. The van der Waals surface area contributed by atoms with Crippen molar-refractivity contribution >= 4 is 0 Å². The molecule has 0 atom stereocenters. The van der Waals surface area contributed by atoms with Crippen LogP contribution in [0.4, 0.5) is 4.39 Å². The highest BCUT2D eigenvalue weighted by atomic mass is 19.1. The van der Waals surface area contributed by atoms with E-state index in [0.29, 0.717) is 18.1 Å². The van der Waals surface area contributed by atoms with Gasteiger partial charge in [0.1, 0.15) is 11.4 Å². The predicted octanol–water partition coefficient (Wildman–Crippen LogP) is 2.93. The second kappa shape index (κ2) is 6.13. The molecule has 24 heavy (non-hydrogen) atoms. The first kappa shape index (κ1) is 16.3. The summed E-state index contributed by atoms with van der Waals surface area (Å²) in [5.74, 6) is 0.191. The van der Waals surface area contributed by atoms with Gasteiger partial charge in [-0.05, 0) is 50.6 Å². The first-order valence-electron chi connectivity index (χ1n) is 7.69. The lowest BCUT2D eigenvalue weighted by atomic mass is 10.1. The van der Waals surface area contributed by atoms with Gasteiger partial charge in [-0.2, -0.15) is 5.10 Å². The van der Waals surface area contributed by atoms with Crippen LogP contribution < -0.4 is 0 Å². The molecular formula is C18H19FN4O. The minimum absolute atomic E-state index is 0.256. The van der Waals surface area contributed by atoms with Gasteiger partial charge in [-0.1, -0.05) is 12.1 Å². The van der Waals surface area contributed by atoms with E-state index in [-0.39, 0.29) is 5.82 Å². The van der Waals surface area contributed by atoms with Gasteiger partial charge < -0.3 is 5.11 Å². The Morgan fingerprint density at radius 1 is 1.12 bits per heavy atom. The Morgan fingerprint density at radius 3 is 2.46 bits per heavy atom. The summed E-state index contributed by atoms with van der Waals surface area (Å²) >= 11 is 0. The van der Waals surface area contributed by atoms with E-state index in [1.54, 1.807) is 42.9 Å². The van der Waals surface area contributed by atoms with E-state index in [4.69, 9.17) is 0 Å². The standard InChI is InChI=1S/C18H19FN4O/c1-12-10-15(11-13-4-6-14(19)7-5-13)21-17(20-12)23-9-8-16(22-23)18(2,3)24/h4-10,24H,11H2,1-3H3. The Balaban J connectivity index is 1.91. The highest BCUT2D eigenvalue weighted by molar-refractivity contribution is 5.26. The van der Waals surface area contributed by atoms with Crippen LogP contribution in [0.1, 0.15) is 36.5 Å². The summed E-state index contributed by atoms with van der Waals surface area (Å²) in [6, 6.07) is 10.00. The summed E-state index contributed by atoms with van der Waals surface area (Å²) in [7, 11) is 0. The first-order chi connectivity index (χ1) is 11.3. The van der Waals surface area contributed by atoms with Gasteiger partial charge in [0.25, 0.3) is 5.95 Å². The van der Waals surface area contributed by atoms with Crippen molar-refractivity contribution < 1.29 is 9.50 Å². The van der Waals surface area contributed by atoms with E-state index in [9.17, 15) is 9.50 Å². The molecule has 3 aromatic rings. The fourth-order valence-corrected chi connectivity index (χ4v) is 2.38. The topological polar surface area (TPSA) is 63.8 Å². The molecule has 2 heterocycles. The van der Waals surface area contributed by atoms with Gasteiger partial charge in [-0.15, -0.1) is 0 Å². The first-order valence-corrected chi connectivity index (χ1v) is 7.69. The highest BCUT2D eigenvalue weighted by Gasteiger charge is 2.20. The van der Waals surface area contributed by atoms with Crippen molar-refractivity contribution in [3.05, 3.63) is 71.1 Å². The van der Waals surface area contributed by atoms with E-state index in [2.05, 4.69) is 15.1 Å². The quantitative estimate of drug-likeness (QED) is 0.801. The molecule has 1 aromatic carbocycles. The molecule has 124 valence electrons. The molecule has 0 saturated heterocycles. The Hall–Kier alpha value is -2.60. The van der Waals surface area contributed by atoms with Gasteiger partial charge in [0.05, 0.1) is 11.4 Å². The summed E-state index contributed by atoms with van der Waals surface area (Å²) in [5, 5.41) is 14.4. The average molecular weight is 326 g/mol. The molecule has 3 rings (SSSR count). The smallest absolute Gasteiger partial charge is 0.250 e. The molecule has 0 aliphatic rings. The molecule has 0 saturated carbocycles. The molecule has 0 fully saturated rings. The van der Waals surface area contributed by atoms with Crippen molar-refractivity contribution in [2.75, 3.05) is 0 Å². The predicted molar refractivity (Wildman–Crippen MR) is 88.3 cm³/mol. The third-order valence-corrected chi connectivity index (χ3v) is 3.61. The molecule has 0 bridgehead atoms. The van der Waals surface area contributed by atoms with Gasteiger partial charge in [-0.25, -0.2) is 19.0 Å². The SMILES string of the molecule is Cc1cc(Cc2ccc(F)cc2)nc(-n2ccc(C(C)(C)O)n2)n1. The van der Waals surface area contributed by atoms with Crippen molar-refractivity contribution in [3.63, 3.8) is 0 Å². The molecule has 0 radical (unpaired) electrons. The molecule has 0 aliphatic heterocycles. The molecule has 6 heteroatoms. The van der Waals surface area contributed by atoms with Crippen LogP contribution >= 0.6 is 0 Å². The summed E-state index contributed by atoms with van der Waals surface area (Å²) < 4.78 is 14.6. The molecular weight excluding hydrogens is 307 g/mol. The molecule has 0 amide bonds. The average Bonchev–Trinajstić information content (AvgIpc) is 2.99.